The summed E-state index contributed by atoms with van der Waals surface area (Å²) in [5.41, 5.74) is -0.401. The first kappa shape index (κ1) is 15.2. The number of hydrogen-bond acceptors (Lipinski definition) is 4. The van der Waals surface area contributed by atoms with Gasteiger partial charge in [0.2, 0.25) is 0 Å². The molecule has 0 radical (unpaired) electrons. The largest absolute Gasteiger partial charge is 0.389 e. The fraction of sp³-hybridized carbons (Fsp3) is 1.00. The summed E-state index contributed by atoms with van der Waals surface area (Å²) in [6.45, 7) is 4.75. The molecule has 19 heavy (non-hydrogen) atoms. The third-order valence-corrected chi connectivity index (χ3v) is 4.64. The summed E-state index contributed by atoms with van der Waals surface area (Å²) in [7, 11) is 1.74. The van der Waals surface area contributed by atoms with Crippen LogP contribution in [0.25, 0.3) is 0 Å². The third kappa shape index (κ3) is 4.71. The highest BCUT2D eigenvalue weighted by Gasteiger charge is 2.35. The molecular weight excluding hydrogens is 240 g/mol. The Bertz CT molecular complexity index is 255. The smallest absolute Gasteiger partial charge is 0.0774 e. The van der Waals surface area contributed by atoms with E-state index in [0.717, 1.165) is 45.6 Å². The molecule has 0 aromatic carbocycles. The van der Waals surface area contributed by atoms with E-state index < -0.39 is 5.60 Å². The van der Waals surface area contributed by atoms with Gasteiger partial charge >= 0.3 is 0 Å². The number of aliphatic hydroxyl groups is 1. The topological polar surface area (TPSA) is 44.7 Å². The Morgan fingerprint density at radius 2 is 2.05 bits per heavy atom. The first-order chi connectivity index (χ1) is 9.23. The summed E-state index contributed by atoms with van der Waals surface area (Å²) >= 11 is 0. The molecule has 0 aromatic rings. The summed E-state index contributed by atoms with van der Waals surface area (Å²) in [5.74, 6) is 0. The third-order valence-electron chi connectivity index (χ3n) is 4.64. The highest BCUT2D eigenvalue weighted by molar-refractivity contribution is 4.90. The molecule has 2 rings (SSSR count). The Labute approximate surface area is 117 Å². The quantitative estimate of drug-likeness (QED) is 0.686. The van der Waals surface area contributed by atoms with Crippen molar-refractivity contribution in [3.63, 3.8) is 0 Å². The van der Waals surface area contributed by atoms with Crippen molar-refractivity contribution in [1.29, 1.82) is 0 Å². The molecule has 0 amide bonds. The second-order valence-electron chi connectivity index (χ2n) is 6.25. The standard InChI is InChI=1S/C15H30N2O2/c1-19-11-9-16-12-14-6-2-5-10-17(14)13-15(18)7-3-4-8-15/h14,16,18H,2-13H2,1H3. The van der Waals surface area contributed by atoms with Gasteiger partial charge in [0.05, 0.1) is 12.2 Å². The SMILES string of the molecule is COCCNCC1CCCCN1CC1(O)CCCC1. The van der Waals surface area contributed by atoms with Gasteiger partial charge in [0.15, 0.2) is 0 Å². The minimum atomic E-state index is -0.401. The van der Waals surface area contributed by atoms with Crippen molar-refractivity contribution in [2.24, 2.45) is 0 Å². The van der Waals surface area contributed by atoms with E-state index in [9.17, 15) is 5.11 Å². The number of methoxy groups -OCH3 is 1. The second-order valence-corrected chi connectivity index (χ2v) is 6.25. The van der Waals surface area contributed by atoms with E-state index in [1.807, 2.05) is 0 Å². The summed E-state index contributed by atoms with van der Waals surface area (Å²) in [6, 6.07) is 0.593. The van der Waals surface area contributed by atoms with Gasteiger partial charge in [-0.05, 0) is 32.2 Å². The Morgan fingerprint density at radius 1 is 1.26 bits per heavy atom. The van der Waals surface area contributed by atoms with Crippen LogP contribution in [-0.4, -0.2) is 61.5 Å². The van der Waals surface area contributed by atoms with Crippen LogP contribution in [0.5, 0.6) is 0 Å². The Balaban J connectivity index is 1.78. The predicted molar refractivity (Wildman–Crippen MR) is 77.4 cm³/mol. The lowest BCUT2D eigenvalue weighted by Gasteiger charge is -2.40. The number of piperidine rings is 1. The highest BCUT2D eigenvalue weighted by Crippen LogP contribution is 2.31. The van der Waals surface area contributed by atoms with Gasteiger partial charge in [-0.3, -0.25) is 4.90 Å². The van der Waals surface area contributed by atoms with Gasteiger partial charge in [0.1, 0.15) is 0 Å². The number of nitrogens with zero attached hydrogens (tertiary/aromatic N) is 1. The molecule has 0 spiro atoms. The van der Waals surface area contributed by atoms with Crippen molar-refractivity contribution in [1.82, 2.24) is 10.2 Å². The maximum Gasteiger partial charge on any atom is 0.0774 e. The average Bonchev–Trinajstić information content (AvgIpc) is 2.83. The lowest BCUT2D eigenvalue weighted by atomic mass is 9.96. The normalized spacial score (nSPS) is 27.8. The van der Waals surface area contributed by atoms with E-state index >= 15 is 0 Å². The van der Waals surface area contributed by atoms with Crippen LogP contribution in [-0.2, 0) is 4.74 Å². The van der Waals surface area contributed by atoms with Gasteiger partial charge in [-0.25, -0.2) is 0 Å². The van der Waals surface area contributed by atoms with Crippen LogP contribution in [0, 0.1) is 0 Å². The van der Waals surface area contributed by atoms with Crippen LogP contribution < -0.4 is 5.32 Å². The molecule has 1 aliphatic heterocycles. The van der Waals surface area contributed by atoms with Crippen molar-refractivity contribution in [2.75, 3.05) is 39.9 Å². The lowest BCUT2D eigenvalue weighted by molar-refractivity contribution is -0.0120. The van der Waals surface area contributed by atoms with Gasteiger partial charge in [0.25, 0.3) is 0 Å². The zero-order valence-corrected chi connectivity index (χ0v) is 12.4. The van der Waals surface area contributed by atoms with Gasteiger partial charge in [-0.15, -0.1) is 0 Å². The van der Waals surface area contributed by atoms with Crippen LogP contribution in [0.4, 0.5) is 0 Å². The van der Waals surface area contributed by atoms with Crippen LogP contribution in [0.2, 0.25) is 0 Å². The van der Waals surface area contributed by atoms with Crippen molar-refractivity contribution >= 4 is 0 Å². The van der Waals surface area contributed by atoms with Crippen molar-refractivity contribution < 1.29 is 9.84 Å². The number of ether oxygens (including phenoxy) is 1. The minimum absolute atomic E-state index is 0.401. The summed E-state index contributed by atoms with van der Waals surface area (Å²) in [5, 5.41) is 14.1. The van der Waals surface area contributed by atoms with Crippen LogP contribution in [0.1, 0.15) is 44.9 Å². The molecular formula is C15H30N2O2. The first-order valence-corrected chi connectivity index (χ1v) is 7.90. The van der Waals surface area contributed by atoms with Crippen molar-refractivity contribution in [3.05, 3.63) is 0 Å². The zero-order chi connectivity index (χ0) is 13.6. The number of nitrogens with one attached hydrogen (secondary N) is 1. The minimum Gasteiger partial charge on any atom is -0.389 e. The highest BCUT2D eigenvalue weighted by atomic mass is 16.5. The zero-order valence-electron chi connectivity index (χ0n) is 12.4. The Morgan fingerprint density at radius 3 is 2.79 bits per heavy atom. The van der Waals surface area contributed by atoms with Crippen LogP contribution in [0.15, 0.2) is 0 Å². The molecule has 2 fully saturated rings. The summed E-state index contributed by atoms with van der Waals surface area (Å²) < 4.78 is 5.07. The van der Waals surface area contributed by atoms with Crippen molar-refractivity contribution in [2.45, 2.75) is 56.6 Å². The number of hydrogen-bond donors (Lipinski definition) is 2. The monoisotopic (exact) mass is 270 g/mol. The molecule has 0 aromatic heterocycles. The number of β-amino-alcohol motifs (C(OH)–C–C–N with tert-alkyl or cyclic N) is 1. The van der Waals surface area contributed by atoms with E-state index in [1.165, 1.54) is 32.1 Å². The molecule has 1 aliphatic carbocycles. The van der Waals surface area contributed by atoms with Gasteiger partial charge in [0, 0.05) is 32.8 Å². The van der Waals surface area contributed by atoms with Gasteiger partial charge in [-0.1, -0.05) is 19.3 Å². The molecule has 112 valence electrons. The molecule has 1 unspecified atom stereocenters. The first-order valence-electron chi connectivity index (χ1n) is 7.90. The average molecular weight is 270 g/mol. The van der Waals surface area contributed by atoms with Gasteiger partial charge < -0.3 is 15.2 Å². The van der Waals surface area contributed by atoms with E-state index in [0.29, 0.717) is 6.04 Å². The molecule has 1 heterocycles. The van der Waals surface area contributed by atoms with Gasteiger partial charge in [-0.2, -0.15) is 0 Å². The molecule has 1 saturated heterocycles. The molecule has 4 nitrogen and oxygen atoms in total. The van der Waals surface area contributed by atoms with Crippen LogP contribution in [0.3, 0.4) is 0 Å². The Kier molecular flexibility index (Phi) is 6.07. The predicted octanol–water partition coefficient (Wildman–Crippen LogP) is 1.38. The second kappa shape index (κ2) is 7.58. The maximum atomic E-state index is 10.6. The summed E-state index contributed by atoms with van der Waals surface area (Å²) in [6.07, 6.45) is 8.25. The molecule has 0 bridgehead atoms. The molecule has 1 saturated carbocycles. The fourth-order valence-corrected chi connectivity index (χ4v) is 3.51. The van der Waals surface area contributed by atoms with E-state index in [-0.39, 0.29) is 0 Å². The van der Waals surface area contributed by atoms with E-state index in [1.54, 1.807) is 7.11 Å². The number of likely N-dealkylation sites (tertiary alicyclic amines) is 1. The number of rotatable bonds is 7. The molecule has 2 N–H and O–H groups in total. The maximum absolute atomic E-state index is 10.6. The molecule has 4 heteroatoms. The summed E-state index contributed by atoms with van der Waals surface area (Å²) in [4.78, 5) is 2.52. The Hall–Kier alpha value is -0.160. The molecule has 1 atom stereocenters. The van der Waals surface area contributed by atoms with E-state index in [2.05, 4.69) is 10.2 Å². The lowest BCUT2D eigenvalue weighted by Crippen LogP contribution is -2.51. The molecule has 2 aliphatic rings. The van der Waals surface area contributed by atoms with E-state index in [4.69, 9.17) is 4.74 Å². The van der Waals surface area contributed by atoms with Crippen LogP contribution >= 0.6 is 0 Å². The fourth-order valence-electron chi connectivity index (χ4n) is 3.51. The van der Waals surface area contributed by atoms with Crippen molar-refractivity contribution in [3.8, 4) is 0 Å².